The van der Waals surface area contributed by atoms with Crippen molar-refractivity contribution in [3.05, 3.63) is 59.9 Å². The zero-order valence-electron chi connectivity index (χ0n) is 19.3. The highest BCUT2D eigenvalue weighted by Gasteiger charge is 2.42. The van der Waals surface area contributed by atoms with Crippen molar-refractivity contribution in [2.24, 2.45) is 0 Å². The fourth-order valence-corrected chi connectivity index (χ4v) is 5.09. The second kappa shape index (κ2) is 8.72. The monoisotopic (exact) mass is 451 g/mol. The molecule has 1 unspecified atom stereocenters. The van der Waals surface area contributed by atoms with Crippen LogP contribution in [-0.2, 0) is 11.2 Å². The molecule has 0 saturated carbocycles. The number of morpholine rings is 1. The van der Waals surface area contributed by atoms with Gasteiger partial charge in [0, 0.05) is 30.8 Å². The van der Waals surface area contributed by atoms with Crippen LogP contribution < -0.4 is 19.1 Å². The minimum absolute atomic E-state index is 0.0652. The Morgan fingerprint density at radius 1 is 1.21 bits per heavy atom. The minimum Gasteiger partial charge on any atom is -0.461 e. The average molecular weight is 452 g/mol. The van der Waals surface area contributed by atoms with Crippen molar-refractivity contribution in [1.82, 2.24) is 0 Å². The van der Waals surface area contributed by atoms with Gasteiger partial charge >= 0.3 is 0 Å². The lowest BCUT2D eigenvalue weighted by atomic mass is 9.86. The van der Waals surface area contributed by atoms with Crippen LogP contribution in [0, 0.1) is 0 Å². The topological polar surface area (TPSA) is 57.2 Å². The third-order valence-electron chi connectivity index (χ3n) is 7.02. The Morgan fingerprint density at radius 2 is 1.97 bits per heavy atom. The molecule has 0 aliphatic carbocycles. The third-order valence-corrected chi connectivity index (χ3v) is 7.02. The lowest BCUT2D eigenvalue weighted by molar-refractivity contribution is -0.922. The molecule has 3 heterocycles. The maximum Gasteiger partial charge on any atom is 0.231 e. The lowest BCUT2D eigenvalue weighted by Crippen LogP contribution is -2.48. The van der Waals surface area contributed by atoms with E-state index in [0.717, 1.165) is 61.6 Å². The van der Waals surface area contributed by atoms with E-state index in [0.29, 0.717) is 28.2 Å². The van der Waals surface area contributed by atoms with Gasteiger partial charge in [0.15, 0.2) is 17.3 Å². The van der Waals surface area contributed by atoms with Gasteiger partial charge in [-0.2, -0.15) is 0 Å². The molecule has 0 radical (unpaired) electrons. The van der Waals surface area contributed by atoms with Gasteiger partial charge in [-0.25, -0.2) is 0 Å². The smallest absolute Gasteiger partial charge is 0.231 e. The normalized spacial score (nSPS) is 20.8. The highest BCUT2D eigenvalue weighted by molar-refractivity contribution is 5.97. The van der Waals surface area contributed by atoms with E-state index < -0.39 is 0 Å². The zero-order chi connectivity index (χ0) is 23.0. The van der Waals surface area contributed by atoms with Gasteiger partial charge in [-0.3, -0.25) is 4.79 Å². The first-order chi connectivity index (χ1) is 16.0. The van der Waals surface area contributed by atoms with Gasteiger partial charge in [-0.1, -0.05) is 6.58 Å². The summed E-state index contributed by atoms with van der Waals surface area (Å²) in [5.74, 6) is 2.04. The molecule has 33 heavy (non-hydrogen) atoms. The first-order valence-corrected chi connectivity index (χ1v) is 11.5. The first kappa shape index (κ1) is 21.8. The summed E-state index contributed by atoms with van der Waals surface area (Å²) < 4.78 is 23.3. The van der Waals surface area contributed by atoms with Gasteiger partial charge < -0.3 is 28.3 Å². The SMILES string of the molecule is C=COc1c2c(cc3c1C(CC(=O)c1ccc(N4CCOCC4)cc1)[N+](C)(C)CC3)OCO2. The Labute approximate surface area is 194 Å². The molecular formula is C26H31N2O5+. The molecule has 174 valence electrons. The van der Waals surface area contributed by atoms with Crippen LogP contribution in [0.25, 0.3) is 0 Å². The number of fused-ring (bicyclic) bond motifs is 2. The number of ketones is 1. The van der Waals surface area contributed by atoms with Crippen molar-refractivity contribution in [2.75, 3.05) is 58.6 Å². The van der Waals surface area contributed by atoms with Crippen LogP contribution in [0.1, 0.15) is 33.9 Å². The van der Waals surface area contributed by atoms with E-state index in [2.05, 4.69) is 25.6 Å². The number of likely N-dealkylation sites (N-methyl/N-ethyl adjacent to an activating group) is 1. The molecular weight excluding hydrogens is 420 g/mol. The van der Waals surface area contributed by atoms with E-state index in [1.54, 1.807) is 0 Å². The summed E-state index contributed by atoms with van der Waals surface area (Å²) in [7, 11) is 4.34. The van der Waals surface area contributed by atoms with Crippen molar-refractivity contribution in [3.63, 3.8) is 0 Å². The van der Waals surface area contributed by atoms with Gasteiger partial charge in [-0.15, -0.1) is 0 Å². The Balaban J connectivity index is 1.44. The van der Waals surface area contributed by atoms with E-state index in [4.69, 9.17) is 18.9 Å². The van der Waals surface area contributed by atoms with E-state index >= 15 is 0 Å². The van der Waals surface area contributed by atoms with Gasteiger partial charge in [-0.05, 0) is 35.9 Å². The highest BCUT2D eigenvalue weighted by atomic mass is 16.7. The number of carbonyl (C=O) groups excluding carboxylic acids is 1. The second-order valence-corrected chi connectivity index (χ2v) is 9.34. The van der Waals surface area contributed by atoms with Crippen molar-refractivity contribution < 1.29 is 28.2 Å². The van der Waals surface area contributed by atoms with Crippen molar-refractivity contribution in [3.8, 4) is 17.2 Å². The van der Waals surface area contributed by atoms with Gasteiger partial charge in [0.05, 0.1) is 52.1 Å². The zero-order valence-corrected chi connectivity index (χ0v) is 19.3. The van der Waals surface area contributed by atoms with E-state index in [1.165, 1.54) is 6.26 Å². The number of carbonyl (C=O) groups is 1. The van der Waals surface area contributed by atoms with Crippen molar-refractivity contribution in [2.45, 2.75) is 18.9 Å². The molecule has 3 aliphatic rings. The molecule has 1 saturated heterocycles. The Morgan fingerprint density at radius 3 is 2.70 bits per heavy atom. The second-order valence-electron chi connectivity index (χ2n) is 9.34. The number of benzene rings is 2. The lowest BCUT2D eigenvalue weighted by Gasteiger charge is -2.43. The number of Topliss-reactive ketones (excluding diaryl/α,β-unsaturated/α-hetero) is 1. The summed E-state index contributed by atoms with van der Waals surface area (Å²) in [4.78, 5) is 15.7. The Hall–Kier alpha value is -3.03. The number of anilines is 1. The number of rotatable bonds is 6. The maximum atomic E-state index is 13.4. The van der Waals surface area contributed by atoms with Crippen LogP contribution in [0.5, 0.6) is 17.2 Å². The van der Waals surface area contributed by atoms with Crippen LogP contribution in [0.2, 0.25) is 0 Å². The number of hydrogen-bond donors (Lipinski definition) is 0. The van der Waals surface area contributed by atoms with E-state index in [9.17, 15) is 4.79 Å². The predicted molar refractivity (Wildman–Crippen MR) is 125 cm³/mol. The number of nitrogens with zero attached hydrogens (tertiary/aromatic N) is 2. The highest BCUT2D eigenvalue weighted by Crippen LogP contribution is 2.51. The summed E-state index contributed by atoms with van der Waals surface area (Å²) in [6.07, 6.45) is 2.67. The molecule has 5 rings (SSSR count). The minimum atomic E-state index is -0.0652. The molecule has 0 N–H and O–H groups in total. The number of hydrogen-bond acceptors (Lipinski definition) is 6. The molecule has 0 bridgehead atoms. The van der Waals surface area contributed by atoms with E-state index in [-0.39, 0.29) is 18.6 Å². The molecule has 1 fully saturated rings. The van der Waals surface area contributed by atoms with Crippen LogP contribution in [0.4, 0.5) is 5.69 Å². The van der Waals surface area contributed by atoms with Crippen LogP contribution >= 0.6 is 0 Å². The van der Waals surface area contributed by atoms with Gasteiger partial charge in [0.1, 0.15) is 6.04 Å². The molecule has 1 atom stereocenters. The quantitative estimate of drug-likeness (QED) is 0.379. The fourth-order valence-electron chi connectivity index (χ4n) is 5.09. The Bertz CT molecular complexity index is 1060. The molecule has 7 nitrogen and oxygen atoms in total. The molecule has 7 heteroatoms. The fraction of sp³-hybridized carbons (Fsp3) is 0.423. The van der Waals surface area contributed by atoms with Crippen LogP contribution in [0.3, 0.4) is 0 Å². The molecule has 0 aromatic heterocycles. The van der Waals surface area contributed by atoms with Gasteiger partial charge in [0.25, 0.3) is 0 Å². The summed E-state index contributed by atoms with van der Waals surface area (Å²) in [5, 5.41) is 0. The van der Waals surface area contributed by atoms with E-state index in [1.807, 2.05) is 30.3 Å². The third kappa shape index (κ3) is 4.07. The Kier molecular flexibility index (Phi) is 5.76. The van der Waals surface area contributed by atoms with Crippen molar-refractivity contribution >= 4 is 11.5 Å². The van der Waals surface area contributed by atoms with Crippen LogP contribution in [0.15, 0.2) is 43.2 Å². The summed E-state index contributed by atoms with van der Waals surface area (Å²) in [6.45, 7) is 8.07. The molecule has 3 aliphatic heterocycles. The maximum absolute atomic E-state index is 13.4. The molecule has 2 aromatic rings. The summed E-state index contributed by atoms with van der Waals surface area (Å²) in [6, 6.07) is 9.94. The van der Waals surface area contributed by atoms with Crippen LogP contribution in [-0.4, -0.2) is 64.0 Å². The predicted octanol–water partition coefficient (Wildman–Crippen LogP) is 3.72. The molecule has 2 aromatic carbocycles. The average Bonchev–Trinajstić information content (AvgIpc) is 3.30. The van der Waals surface area contributed by atoms with Gasteiger partial charge in [0.2, 0.25) is 12.5 Å². The standard InChI is InChI=1S/C26H31N2O5/c1-4-31-26-24-19(15-23-25(26)33-17-32-23)9-12-28(2,3)21(24)16-22(29)18-5-7-20(8-6-18)27-10-13-30-14-11-27/h4-8,15,21H,1,9-14,16-17H2,2-3H3/q+1. The molecule has 0 spiro atoms. The largest absolute Gasteiger partial charge is 0.461 e. The summed E-state index contributed by atoms with van der Waals surface area (Å²) in [5.41, 5.74) is 4.03. The summed E-state index contributed by atoms with van der Waals surface area (Å²) >= 11 is 0. The molecule has 0 amide bonds. The number of ether oxygens (including phenoxy) is 4. The van der Waals surface area contributed by atoms with Crippen molar-refractivity contribution in [1.29, 1.82) is 0 Å². The number of quaternary nitrogens is 1. The first-order valence-electron chi connectivity index (χ1n) is 11.5.